The Morgan fingerprint density at radius 1 is 0.812 bits per heavy atom. The number of pyridine rings is 3. The van der Waals surface area contributed by atoms with Crippen LogP contribution in [0.3, 0.4) is 0 Å². The van der Waals surface area contributed by atoms with E-state index in [-0.39, 0.29) is 5.43 Å². The average Bonchev–Trinajstić information content (AvgIpc) is 3.39. The quantitative estimate of drug-likeness (QED) is 0.376. The molecule has 4 heterocycles. The van der Waals surface area contributed by atoms with E-state index in [1.54, 1.807) is 18.6 Å². The van der Waals surface area contributed by atoms with Crippen LogP contribution in [0.5, 0.6) is 0 Å². The third kappa shape index (κ3) is 3.09. The Morgan fingerprint density at radius 3 is 2.56 bits per heavy atom. The summed E-state index contributed by atoms with van der Waals surface area (Å²) in [6.07, 6.45) is 5.19. The minimum Gasteiger partial charge on any atom is -0.345 e. The zero-order chi connectivity index (χ0) is 21.5. The maximum Gasteiger partial charge on any atom is 0.201 e. The lowest BCUT2D eigenvalue weighted by Crippen LogP contribution is -2.08. The van der Waals surface area contributed by atoms with Crippen LogP contribution >= 0.6 is 11.3 Å². The van der Waals surface area contributed by atoms with Crippen molar-refractivity contribution in [3.8, 4) is 33.0 Å². The molecule has 0 fully saturated rings. The van der Waals surface area contributed by atoms with Gasteiger partial charge in [0.15, 0.2) is 0 Å². The Balaban J connectivity index is 1.66. The topological polar surface area (TPSA) is 71.5 Å². The van der Waals surface area contributed by atoms with Crippen molar-refractivity contribution < 1.29 is 0 Å². The van der Waals surface area contributed by atoms with Crippen molar-refractivity contribution in [1.82, 2.24) is 19.9 Å². The van der Waals surface area contributed by atoms with Gasteiger partial charge in [-0.15, -0.1) is 11.3 Å². The predicted molar refractivity (Wildman–Crippen MR) is 130 cm³/mol. The van der Waals surface area contributed by atoms with Crippen LogP contribution in [-0.2, 0) is 0 Å². The molecule has 4 aromatic heterocycles. The van der Waals surface area contributed by atoms with Crippen molar-refractivity contribution in [2.45, 2.75) is 0 Å². The summed E-state index contributed by atoms with van der Waals surface area (Å²) in [4.78, 5) is 30.2. The molecule has 0 bridgehead atoms. The largest absolute Gasteiger partial charge is 0.345 e. The first kappa shape index (κ1) is 18.6. The van der Waals surface area contributed by atoms with E-state index in [4.69, 9.17) is 4.98 Å². The van der Waals surface area contributed by atoms with E-state index >= 15 is 0 Å². The van der Waals surface area contributed by atoms with Crippen molar-refractivity contribution in [3.05, 3.63) is 101 Å². The number of rotatable bonds is 3. The standard InChI is InChI=1S/C26H16N4OS/c31-24-20-14-19(17-8-9-22-18(13-17)7-4-10-27-22)23(16-5-2-1-3-6-16)30-25(20)29-15-21(24)26-28-11-12-32-26/h1-15H,(H,29,30,31). The maximum atomic E-state index is 13.4. The van der Waals surface area contributed by atoms with Gasteiger partial charge in [-0.3, -0.25) is 9.78 Å². The van der Waals surface area contributed by atoms with Gasteiger partial charge in [0.25, 0.3) is 0 Å². The number of nitrogens with one attached hydrogen (secondary N) is 1. The molecule has 0 aliphatic carbocycles. The first-order valence-corrected chi connectivity index (χ1v) is 11.0. The second-order valence-corrected chi connectivity index (χ2v) is 8.32. The number of hydrogen-bond donors (Lipinski definition) is 1. The van der Waals surface area contributed by atoms with E-state index in [0.717, 1.165) is 33.3 Å². The lowest BCUT2D eigenvalue weighted by molar-refractivity contribution is 1.27. The van der Waals surface area contributed by atoms with E-state index in [0.29, 0.717) is 21.6 Å². The van der Waals surface area contributed by atoms with E-state index in [2.05, 4.69) is 21.0 Å². The van der Waals surface area contributed by atoms with E-state index in [1.165, 1.54) is 11.3 Å². The smallest absolute Gasteiger partial charge is 0.201 e. The SMILES string of the molecule is O=c1c(-c2nccs2)c[nH]c2nc(-c3ccccc3)c(-c3ccc4ncccc4c3)cc12. The van der Waals surface area contributed by atoms with Gasteiger partial charge >= 0.3 is 0 Å². The third-order valence-electron chi connectivity index (χ3n) is 5.49. The summed E-state index contributed by atoms with van der Waals surface area (Å²) in [7, 11) is 0. The van der Waals surface area contributed by atoms with Gasteiger partial charge in [-0.25, -0.2) is 9.97 Å². The monoisotopic (exact) mass is 432 g/mol. The molecular formula is C26H16N4OS. The minimum absolute atomic E-state index is 0.0792. The van der Waals surface area contributed by atoms with Gasteiger partial charge in [0.1, 0.15) is 10.7 Å². The van der Waals surface area contributed by atoms with Crippen molar-refractivity contribution >= 4 is 33.3 Å². The van der Waals surface area contributed by atoms with Crippen molar-refractivity contribution in [2.24, 2.45) is 0 Å². The van der Waals surface area contributed by atoms with Gasteiger partial charge in [-0.1, -0.05) is 42.5 Å². The van der Waals surface area contributed by atoms with Crippen LogP contribution in [0.25, 0.3) is 54.9 Å². The Kier molecular flexibility index (Phi) is 4.37. The number of aromatic nitrogens is 4. The molecule has 32 heavy (non-hydrogen) atoms. The summed E-state index contributed by atoms with van der Waals surface area (Å²) in [6, 6.07) is 22.0. The number of H-pyrrole nitrogens is 1. The molecule has 0 aliphatic rings. The summed E-state index contributed by atoms with van der Waals surface area (Å²) < 4.78 is 0. The molecule has 0 aliphatic heterocycles. The summed E-state index contributed by atoms with van der Waals surface area (Å²) in [5.41, 5.74) is 5.64. The average molecular weight is 433 g/mol. The van der Waals surface area contributed by atoms with Crippen LogP contribution in [0, 0.1) is 0 Å². The van der Waals surface area contributed by atoms with E-state index < -0.39 is 0 Å². The van der Waals surface area contributed by atoms with Crippen molar-refractivity contribution in [1.29, 1.82) is 0 Å². The lowest BCUT2D eigenvalue weighted by Gasteiger charge is -2.12. The van der Waals surface area contributed by atoms with Gasteiger partial charge in [0.05, 0.1) is 22.2 Å². The number of aromatic amines is 1. The number of nitrogens with zero attached hydrogens (tertiary/aromatic N) is 3. The Labute approximate surface area is 187 Å². The molecule has 6 aromatic rings. The molecule has 1 N–H and O–H groups in total. The number of hydrogen-bond acceptors (Lipinski definition) is 5. The normalized spacial score (nSPS) is 11.2. The predicted octanol–water partition coefficient (Wildman–Crippen LogP) is 5.93. The number of fused-ring (bicyclic) bond motifs is 2. The van der Waals surface area contributed by atoms with E-state index in [9.17, 15) is 4.79 Å². The van der Waals surface area contributed by atoms with Crippen LogP contribution in [0.1, 0.15) is 0 Å². The fraction of sp³-hybridized carbons (Fsp3) is 0. The molecular weight excluding hydrogens is 416 g/mol. The molecule has 6 rings (SSSR count). The molecule has 6 heteroatoms. The lowest BCUT2D eigenvalue weighted by atomic mass is 9.96. The van der Waals surface area contributed by atoms with Gasteiger partial charge in [0.2, 0.25) is 5.43 Å². The maximum absolute atomic E-state index is 13.4. The highest BCUT2D eigenvalue weighted by atomic mass is 32.1. The Hall–Kier alpha value is -4.16. The highest BCUT2D eigenvalue weighted by Gasteiger charge is 2.16. The minimum atomic E-state index is -0.0792. The van der Waals surface area contributed by atoms with Gasteiger partial charge < -0.3 is 4.98 Å². The summed E-state index contributed by atoms with van der Waals surface area (Å²) in [5.74, 6) is 0. The van der Waals surface area contributed by atoms with Crippen molar-refractivity contribution in [3.63, 3.8) is 0 Å². The second kappa shape index (κ2) is 7.51. The molecule has 0 atom stereocenters. The second-order valence-electron chi connectivity index (χ2n) is 7.43. The highest BCUT2D eigenvalue weighted by molar-refractivity contribution is 7.13. The van der Waals surface area contributed by atoms with Crippen LogP contribution in [0.4, 0.5) is 0 Å². The first-order chi connectivity index (χ1) is 15.8. The summed E-state index contributed by atoms with van der Waals surface area (Å²) in [5, 5.41) is 4.14. The third-order valence-corrected chi connectivity index (χ3v) is 6.30. The summed E-state index contributed by atoms with van der Waals surface area (Å²) >= 11 is 1.44. The molecule has 5 nitrogen and oxygen atoms in total. The molecule has 0 radical (unpaired) electrons. The van der Waals surface area contributed by atoms with Crippen LogP contribution in [0.2, 0.25) is 0 Å². The molecule has 0 amide bonds. The van der Waals surface area contributed by atoms with Crippen LogP contribution < -0.4 is 5.43 Å². The molecule has 152 valence electrons. The molecule has 0 spiro atoms. The van der Waals surface area contributed by atoms with E-state index in [1.807, 2.05) is 66.0 Å². The number of benzene rings is 2. The van der Waals surface area contributed by atoms with Gasteiger partial charge in [-0.05, 0) is 29.8 Å². The Morgan fingerprint density at radius 2 is 1.72 bits per heavy atom. The zero-order valence-corrected chi connectivity index (χ0v) is 17.6. The van der Waals surface area contributed by atoms with Crippen LogP contribution in [0.15, 0.2) is 95.5 Å². The molecule has 2 aromatic carbocycles. The van der Waals surface area contributed by atoms with Crippen LogP contribution in [-0.4, -0.2) is 19.9 Å². The molecule has 0 saturated heterocycles. The fourth-order valence-electron chi connectivity index (χ4n) is 3.94. The molecule has 0 unspecified atom stereocenters. The zero-order valence-electron chi connectivity index (χ0n) is 16.8. The van der Waals surface area contributed by atoms with Gasteiger partial charge in [-0.2, -0.15) is 0 Å². The van der Waals surface area contributed by atoms with Crippen molar-refractivity contribution in [2.75, 3.05) is 0 Å². The Bertz CT molecular complexity index is 1640. The first-order valence-electron chi connectivity index (χ1n) is 10.1. The number of thiazole rings is 1. The highest BCUT2D eigenvalue weighted by Crippen LogP contribution is 2.34. The molecule has 0 saturated carbocycles. The summed E-state index contributed by atoms with van der Waals surface area (Å²) in [6.45, 7) is 0. The fourth-order valence-corrected chi connectivity index (χ4v) is 4.59. The van der Waals surface area contributed by atoms with Gasteiger partial charge in [0, 0.05) is 40.5 Å².